The largest absolute Gasteiger partial charge is 0.479 e. The van der Waals surface area contributed by atoms with Crippen molar-refractivity contribution in [1.82, 2.24) is 10.2 Å². The van der Waals surface area contributed by atoms with E-state index in [1.807, 2.05) is 26.0 Å². The number of urea groups is 1. The molecule has 1 heterocycles. The maximum Gasteiger partial charge on any atom is 0.334 e. The molecule has 7 heteroatoms. The van der Waals surface area contributed by atoms with E-state index in [0.29, 0.717) is 11.6 Å². The molecule has 2 unspecified atom stereocenters. The molecule has 1 aliphatic heterocycles. The number of ether oxygens (including phenoxy) is 1. The van der Waals surface area contributed by atoms with Crippen LogP contribution in [0.5, 0.6) is 0 Å². The number of hydrogen-bond acceptors (Lipinski definition) is 3. The normalized spacial score (nSPS) is 19.5. The van der Waals surface area contributed by atoms with Crippen LogP contribution in [0.3, 0.4) is 0 Å². The topological polar surface area (TPSA) is 78.9 Å². The first kappa shape index (κ1) is 17.6. The molecule has 0 saturated carbocycles. The number of nitrogens with zero attached hydrogens (tertiary/aromatic N) is 1. The molecule has 0 radical (unpaired) electrons. The lowest BCUT2D eigenvalue weighted by molar-refractivity contribution is -0.154. The van der Waals surface area contributed by atoms with Crippen molar-refractivity contribution in [2.24, 2.45) is 5.92 Å². The van der Waals surface area contributed by atoms with Crippen LogP contribution in [0.2, 0.25) is 5.02 Å². The summed E-state index contributed by atoms with van der Waals surface area (Å²) in [6.07, 6.45) is -0.970. The van der Waals surface area contributed by atoms with Crippen LogP contribution < -0.4 is 5.32 Å². The summed E-state index contributed by atoms with van der Waals surface area (Å²) < 4.78 is 5.13. The molecule has 126 valence electrons. The summed E-state index contributed by atoms with van der Waals surface area (Å²) in [6, 6.07) is 6.87. The second-order valence-corrected chi connectivity index (χ2v) is 6.30. The van der Waals surface area contributed by atoms with Gasteiger partial charge in [-0.05, 0) is 23.6 Å². The Kier molecular flexibility index (Phi) is 5.85. The highest BCUT2D eigenvalue weighted by molar-refractivity contribution is 6.30. The lowest BCUT2D eigenvalue weighted by Crippen LogP contribution is -2.52. The van der Waals surface area contributed by atoms with E-state index in [2.05, 4.69) is 5.32 Å². The summed E-state index contributed by atoms with van der Waals surface area (Å²) in [5, 5.41) is 12.6. The van der Waals surface area contributed by atoms with E-state index < -0.39 is 12.1 Å². The Bertz CT molecular complexity index is 562. The van der Waals surface area contributed by atoms with Gasteiger partial charge in [0.2, 0.25) is 0 Å². The molecule has 0 spiro atoms. The molecular formula is C16H21ClN2O4. The van der Waals surface area contributed by atoms with E-state index in [-0.39, 0.29) is 31.1 Å². The first-order chi connectivity index (χ1) is 10.9. The van der Waals surface area contributed by atoms with Gasteiger partial charge in [0.25, 0.3) is 0 Å². The van der Waals surface area contributed by atoms with Crippen LogP contribution in [0.25, 0.3) is 0 Å². The third-order valence-electron chi connectivity index (χ3n) is 3.80. The number of morpholine rings is 1. The van der Waals surface area contributed by atoms with Gasteiger partial charge in [0, 0.05) is 11.6 Å². The van der Waals surface area contributed by atoms with Crippen LogP contribution >= 0.6 is 11.6 Å². The number of amides is 2. The summed E-state index contributed by atoms with van der Waals surface area (Å²) in [5.74, 6) is -0.878. The molecule has 2 atom stereocenters. The summed E-state index contributed by atoms with van der Waals surface area (Å²) in [4.78, 5) is 25.0. The number of carbonyl (C=O) groups excluding carboxylic acids is 1. The standard InChI is InChI=1S/C16H21ClN2O4/c1-10(2)14(11-3-5-12(17)6-4-11)18-16(22)19-7-8-23-13(9-19)15(20)21/h3-6,10,13-14H,7-9H2,1-2H3,(H,18,22)(H,20,21). The number of rotatable bonds is 4. The van der Waals surface area contributed by atoms with Gasteiger partial charge < -0.3 is 20.1 Å². The van der Waals surface area contributed by atoms with Gasteiger partial charge in [0.05, 0.1) is 19.2 Å². The monoisotopic (exact) mass is 340 g/mol. The van der Waals surface area contributed by atoms with Crippen LogP contribution in [-0.2, 0) is 9.53 Å². The highest BCUT2D eigenvalue weighted by Gasteiger charge is 2.30. The zero-order chi connectivity index (χ0) is 17.0. The molecule has 2 N–H and O–H groups in total. The fourth-order valence-corrected chi connectivity index (χ4v) is 2.64. The summed E-state index contributed by atoms with van der Waals surface area (Å²) in [5.41, 5.74) is 0.959. The van der Waals surface area contributed by atoms with Gasteiger partial charge in [-0.3, -0.25) is 0 Å². The molecule has 1 aliphatic rings. The number of hydrogen-bond donors (Lipinski definition) is 2. The minimum atomic E-state index is -1.05. The number of carboxylic acids is 1. The van der Waals surface area contributed by atoms with Crippen LogP contribution in [0.1, 0.15) is 25.5 Å². The zero-order valence-electron chi connectivity index (χ0n) is 13.2. The smallest absolute Gasteiger partial charge is 0.334 e. The van der Waals surface area contributed by atoms with Crippen molar-refractivity contribution >= 4 is 23.6 Å². The molecule has 1 aromatic carbocycles. The molecule has 2 rings (SSSR count). The quantitative estimate of drug-likeness (QED) is 0.882. The highest BCUT2D eigenvalue weighted by atomic mass is 35.5. The minimum absolute atomic E-state index is 0.0482. The van der Waals surface area contributed by atoms with Crippen molar-refractivity contribution in [3.8, 4) is 0 Å². The van der Waals surface area contributed by atoms with Gasteiger partial charge in [-0.1, -0.05) is 37.6 Å². The fraction of sp³-hybridized carbons (Fsp3) is 0.500. The second kappa shape index (κ2) is 7.66. The molecule has 0 bridgehead atoms. The summed E-state index contributed by atoms with van der Waals surface area (Å²) in [6.45, 7) is 4.67. The average Bonchev–Trinajstić information content (AvgIpc) is 2.53. The predicted octanol–water partition coefficient (Wildman–Crippen LogP) is 2.53. The average molecular weight is 341 g/mol. The van der Waals surface area contributed by atoms with Crippen molar-refractivity contribution in [1.29, 1.82) is 0 Å². The highest BCUT2D eigenvalue weighted by Crippen LogP contribution is 2.23. The van der Waals surface area contributed by atoms with E-state index in [4.69, 9.17) is 21.4 Å². The van der Waals surface area contributed by atoms with Gasteiger partial charge in [0.15, 0.2) is 6.10 Å². The zero-order valence-corrected chi connectivity index (χ0v) is 13.9. The Morgan fingerprint density at radius 1 is 1.35 bits per heavy atom. The summed E-state index contributed by atoms with van der Waals surface area (Å²) >= 11 is 5.90. The van der Waals surface area contributed by atoms with E-state index >= 15 is 0 Å². The van der Waals surface area contributed by atoms with Crippen molar-refractivity contribution < 1.29 is 19.4 Å². The first-order valence-electron chi connectivity index (χ1n) is 7.53. The Labute approximate surface area is 140 Å². The molecule has 1 aromatic rings. The van der Waals surface area contributed by atoms with E-state index in [1.165, 1.54) is 4.90 Å². The lowest BCUT2D eigenvalue weighted by atomic mass is 9.96. The molecule has 2 amide bonds. The maximum atomic E-state index is 12.5. The fourth-order valence-electron chi connectivity index (χ4n) is 2.51. The Balaban J connectivity index is 2.06. The number of nitrogens with one attached hydrogen (secondary N) is 1. The van der Waals surface area contributed by atoms with E-state index in [0.717, 1.165) is 5.56 Å². The Hall–Kier alpha value is -1.79. The lowest BCUT2D eigenvalue weighted by Gasteiger charge is -2.33. The van der Waals surface area contributed by atoms with Crippen molar-refractivity contribution in [2.75, 3.05) is 19.7 Å². The predicted molar refractivity (Wildman–Crippen MR) is 86.5 cm³/mol. The number of carboxylic acid groups (broad SMARTS) is 1. The van der Waals surface area contributed by atoms with Crippen LogP contribution in [0.4, 0.5) is 4.79 Å². The second-order valence-electron chi connectivity index (χ2n) is 5.87. The number of benzene rings is 1. The van der Waals surface area contributed by atoms with Crippen molar-refractivity contribution in [2.45, 2.75) is 26.0 Å². The third kappa shape index (κ3) is 4.59. The maximum absolute atomic E-state index is 12.5. The summed E-state index contributed by atoms with van der Waals surface area (Å²) in [7, 11) is 0. The van der Waals surface area contributed by atoms with Crippen LogP contribution in [0.15, 0.2) is 24.3 Å². The molecule has 23 heavy (non-hydrogen) atoms. The van der Waals surface area contributed by atoms with Gasteiger partial charge in [-0.25, -0.2) is 9.59 Å². The number of halogens is 1. The third-order valence-corrected chi connectivity index (χ3v) is 4.06. The Morgan fingerprint density at radius 2 is 2.00 bits per heavy atom. The van der Waals surface area contributed by atoms with E-state index in [9.17, 15) is 9.59 Å². The molecule has 0 aliphatic carbocycles. The van der Waals surface area contributed by atoms with Crippen LogP contribution in [-0.4, -0.2) is 47.8 Å². The van der Waals surface area contributed by atoms with Crippen molar-refractivity contribution in [3.63, 3.8) is 0 Å². The van der Waals surface area contributed by atoms with Gasteiger partial charge in [-0.2, -0.15) is 0 Å². The van der Waals surface area contributed by atoms with Crippen molar-refractivity contribution in [3.05, 3.63) is 34.9 Å². The van der Waals surface area contributed by atoms with Crippen LogP contribution in [0, 0.1) is 5.92 Å². The SMILES string of the molecule is CC(C)C(NC(=O)N1CCOC(C(=O)O)C1)c1ccc(Cl)cc1. The molecule has 1 fully saturated rings. The number of aliphatic carboxylic acids is 1. The molecule has 0 aromatic heterocycles. The first-order valence-corrected chi connectivity index (χ1v) is 7.91. The molecule has 1 saturated heterocycles. The number of carbonyl (C=O) groups is 2. The van der Waals surface area contributed by atoms with E-state index in [1.54, 1.807) is 12.1 Å². The van der Waals surface area contributed by atoms with Gasteiger partial charge in [0.1, 0.15) is 0 Å². The Morgan fingerprint density at radius 3 is 2.57 bits per heavy atom. The van der Waals surface area contributed by atoms with Gasteiger partial charge in [-0.15, -0.1) is 0 Å². The minimum Gasteiger partial charge on any atom is -0.479 e. The van der Waals surface area contributed by atoms with Gasteiger partial charge >= 0.3 is 12.0 Å². The molecular weight excluding hydrogens is 320 g/mol. The molecule has 6 nitrogen and oxygen atoms in total.